The average Bonchev–Trinajstić information content (AvgIpc) is 3.23. The predicted octanol–water partition coefficient (Wildman–Crippen LogP) is 4.27. The molecule has 3 aliphatic rings. The molecule has 4 aromatic heterocycles. The van der Waals surface area contributed by atoms with Gasteiger partial charge in [-0.15, -0.1) is 0 Å². The van der Waals surface area contributed by atoms with Crippen LogP contribution in [0.15, 0.2) is 36.5 Å². The summed E-state index contributed by atoms with van der Waals surface area (Å²) < 4.78 is 10.2. The first-order valence-electron chi connectivity index (χ1n) is 14.5. The lowest BCUT2D eigenvalue weighted by Gasteiger charge is -2.27. The van der Waals surface area contributed by atoms with Gasteiger partial charge >= 0.3 is 0 Å². The van der Waals surface area contributed by atoms with Crippen LogP contribution in [0.2, 0.25) is 0 Å². The van der Waals surface area contributed by atoms with E-state index in [4.69, 9.17) is 20.4 Å². The quantitative estimate of drug-likeness (QED) is 0.326. The second kappa shape index (κ2) is 8.91. The van der Waals surface area contributed by atoms with Gasteiger partial charge in [0.2, 0.25) is 0 Å². The molecule has 8 rings (SSSR count). The van der Waals surface area contributed by atoms with Crippen LogP contribution in [0.3, 0.4) is 0 Å². The molecule has 210 valence electrons. The van der Waals surface area contributed by atoms with Gasteiger partial charge in [0.25, 0.3) is 5.91 Å². The first-order valence-corrected chi connectivity index (χ1v) is 14.5. The fourth-order valence-electron chi connectivity index (χ4n) is 7.08. The van der Waals surface area contributed by atoms with Crippen molar-refractivity contribution in [2.45, 2.75) is 51.2 Å². The van der Waals surface area contributed by atoms with Crippen LogP contribution >= 0.6 is 0 Å². The highest BCUT2D eigenvalue weighted by molar-refractivity contribution is 6.00. The van der Waals surface area contributed by atoms with Gasteiger partial charge in [0.1, 0.15) is 16.9 Å². The number of carbonyl (C=O) groups excluding carboxylic acids is 1. The summed E-state index contributed by atoms with van der Waals surface area (Å²) >= 11 is 0. The number of aromatic amines is 1. The van der Waals surface area contributed by atoms with E-state index in [1.165, 1.54) is 12.8 Å². The molecule has 3 atom stereocenters. The lowest BCUT2D eigenvalue weighted by Crippen LogP contribution is -2.41. The molecule has 2 bridgehead atoms. The maximum absolute atomic E-state index is 13.7. The standard InChI is InChI=1S/C31H34N8O2/c1-16-21(13-33-36-16)22-8-6-18-11-25(38(29(18)34-22)14-17-4-5-17)30-35-23-10-20(12-26(41-3)28(23)37(30)2)31(40)39-15-19-7-9-24(39)27(19)32/h6,8,10-13,17,19,24,27H,4-5,7,9,14-15,32H2,1-3H3,(H,33,36). The molecule has 1 aromatic carbocycles. The van der Waals surface area contributed by atoms with E-state index in [-0.39, 0.29) is 18.0 Å². The highest BCUT2D eigenvalue weighted by Crippen LogP contribution is 2.40. The molecule has 1 amide bonds. The first kappa shape index (κ1) is 24.6. The number of aryl methyl sites for hydroxylation is 2. The van der Waals surface area contributed by atoms with E-state index >= 15 is 0 Å². The van der Waals surface area contributed by atoms with Crippen LogP contribution < -0.4 is 10.5 Å². The number of rotatable bonds is 6. The van der Waals surface area contributed by atoms with E-state index in [9.17, 15) is 4.79 Å². The molecule has 3 unspecified atom stereocenters. The van der Waals surface area contributed by atoms with Crippen molar-refractivity contribution < 1.29 is 9.53 Å². The molecule has 5 aromatic rings. The van der Waals surface area contributed by atoms with Crippen molar-refractivity contribution in [2.24, 2.45) is 24.6 Å². The normalized spacial score (nSPS) is 22.0. The molecule has 10 nitrogen and oxygen atoms in total. The fourth-order valence-corrected chi connectivity index (χ4v) is 7.08. The summed E-state index contributed by atoms with van der Waals surface area (Å²) in [5, 5.41) is 8.28. The minimum Gasteiger partial charge on any atom is -0.494 e. The minimum absolute atomic E-state index is 0.00849. The number of hydrogen-bond donors (Lipinski definition) is 2. The number of imidazole rings is 1. The number of nitrogens with one attached hydrogen (secondary N) is 1. The molecule has 0 radical (unpaired) electrons. The lowest BCUT2D eigenvalue weighted by atomic mass is 10.1. The van der Waals surface area contributed by atoms with Gasteiger partial charge < -0.3 is 24.5 Å². The summed E-state index contributed by atoms with van der Waals surface area (Å²) in [5.74, 6) is 2.51. The maximum atomic E-state index is 13.7. The minimum atomic E-state index is 0.00849. The summed E-state index contributed by atoms with van der Waals surface area (Å²) in [7, 11) is 3.66. The monoisotopic (exact) mass is 550 g/mol. The number of piperidine rings is 1. The number of aromatic nitrogens is 6. The number of methoxy groups -OCH3 is 1. The van der Waals surface area contributed by atoms with Crippen LogP contribution in [0.4, 0.5) is 0 Å². The van der Waals surface area contributed by atoms with E-state index in [0.717, 1.165) is 76.5 Å². The third kappa shape index (κ3) is 3.73. The van der Waals surface area contributed by atoms with E-state index in [1.54, 1.807) is 7.11 Å². The Hall–Kier alpha value is -4.18. The second-order valence-electron chi connectivity index (χ2n) is 12.1. The number of ether oxygens (including phenoxy) is 1. The zero-order valence-electron chi connectivity index (χ0n) is 23.6. The number of nitrogens with zero attached hydrogens (tertiary/aromatic N) is 6. The Morgan fingerprint density at radius 2 is 2.00 bits per heavy atom. The van der Waals surface area contributed by atoms with Gasteiger partial charge in [0, 0.05) is 54.4 Å². The van der Waals surface area contributed by atoms with Crippen molar-refractivity contribution in [3.63, 3.8) is 0 Å². The zero-order valence-corrected chi connectivity index (χ0v) is 23.6. The smallest absolute Gasteiger partial charge is 0.254 e. The number of carbonyl (C=O) groups is 1. The van der Waals surface area contributed by atoms with Crippen LogP contribution in [-0.4, -0.2) is 65.8 Å². The molecule has 41 heavy (non-hydrogen) atoms. The number of nitrogens with two attached hydrogens (primary N) is 1. The third-order valence-corrected chi connectivity index (χ3v) is 9.53. The van der Waals surface area contributed by atoms with Gasteiger partial charge in [-0.2, -0.15) is 5.10 Å². The number of amides is 1. The van der Waals surface area contributed by atoms with Crippen molar-refractivity contribution in [1.29, 1.82) is 0 Å². The Balaban J connectivity index is 1.25. The second-order valence-corrected chi connectivity index (χ2v) is 12.1. The van der Waals surface area contributed by atoms with Gasteiger partial charge in [0.15, 0.2) is 5.82 Å². The summed E-state index contributed by atoms with van der Waals surface area (Å²) in [6.07, 6.45) is 6.36. The number of H-pyrrole nitrogens is 1. The molecule has 5 heterocycles. The van der Waals surface area contributed by atoms with Crippen LogP contribution in [-0.2, 0) is 13.6 Å². The maximum Gasteiger partial charge on any atom is 0.254 e. The predicted molar refractivity (Wildman–Crippen MR) is 157 cm³/mol. The lowest BCUT2D eigenvalue weighted by molar-refractivity contribution is 0.0700. The highest BCUT2D eigenvalue weighted by atomic mass is 16.5. The molecule has 3 N–H and O–H groups in total. The number of fused-ring (bicyclic) bond motifs is 4. The molecule has 10 heteroatoms. The van der Waals surface area contributed by atoms with Gasteiger partial charge in [-0.1, -0.05) is 0 Å². The van der Waals surface area contributed by atoms with Crippen molar-refractivity contribution >= 4 is 28.0 Å². The van der Waals surface area contributed by atoms with Crippen molar-refractivity contribution in [1.82, 2.24) is 34.2 Å². The van der Waals surface area contributed by atoms with Crippen molar-refractivity contribution in [3.8, 4) is 28.5 Å². The highest BCUT2D eigenvalue weighted by Gasteiger charge is 2.47. The Bertz CT molecular complexity index is 1840. The SMILES string of the molecule is COc1cc(C(=O)N2CC3CCC2C3N)cc2nc(-c3cc4ccc(-c5cn[nH]c5C)nc4n3CC3CC3)n(C)c12. The van der Waals surface area contributed by atoms with E-state index in [0.29, 0.717) is 23.1 Å². The molecule has 1 aliphatic heterocycles. The molecule has 3 fully saturated rings. The van der Waals surface area contributed by atoms with Crippen LogP contribution in [0, 0.1) is 18.8 Å². The van der Waals surface area contributed by atoms with Crippen LogP contribution in [0.1, 0.15) is 41.7 Å². The molecular formula is C31H34N8O2. The summed E-state index contributed by atoms with van der Waals surface area (Å²) in [6.45, 7) is 3.63. The largest absolute Gasteiger partial charge is 0.494 e. The van der Waals surface area contributed by atoms with Gasteiger partial charge in [-0.05, 0) is 74.8 Å². The molecule has 0 spiro atoms. The molecular weight excluding hydrogens is 516 g/mol. The summed E-state index contributed by atoms with van der Waals surface area (Å²) in [6, 6.07) is 10.3. The molecule has 2 aliphatic carbocycles. The van der Waals surface area contributed by atoms with Crippen molar-refractivity contribution in [2.75, 3.05) is 13.7 Å². The number of pyridine rings is 1. The zero-order chi connectivity index (χ0) is 28.0. The fraction of sp³-hybridized carbons (Fsp3) is 0.419. The van der Waals surface area contributed by atoms with E-state index < -0.39 is 0 Å². The van der Waals surface area contributed by atoms with Crippen LogP contribution in [0.5, 0.6) is 5.75 Å². The van der Waals surface area contributed by atoms with Gasteiger partial charge in [0.05, 0.1) is 30.2 Å². The summed E-state index contributed by atoms with van der Waals surface area (Å²) in [4.78, 5) is 25.9. The topological polar surface area (TPSA) is 120 Å². The van der Waals surface area contributed by atoms with E-state index in [1.807, 2.05) is 37.2 Å². The Morgan fingerprint density at radius 1 is 1.15 bits per heavy atom. The Labute approximate surface area is 237 Å². The number of benzene rings is 1. The third-order valence-electron chi connectivity index (χ3n) is 9.53. The molecule has 1 saturated heterocycles. The first-order chi connectivity index (χ1) is 19.9. The van der Waals surface area contributed by atoms with Gasteiger partial charge in [-0.25, -0.2) is 9.97 Å². The Kier molecular flexibility index (Phi) is 5.35. The Morgan fingerprint density at radius 3 is 2.68 bits per heavy atom. The number of hydrogen-bond acceptors (Lipinski definition) is 6. The van der Waals surface area contributed by atoms with Gasteiger partial charge in [-0.3, -0.25) is 9.89 Å². The summed E-state index contributed by atoms with van der Waals surface area (Å²) in [5.41, 5.74) is 13.5. The average molecular weight is 551 g/mol. The van der Waals surface area contributed by atoms with Crippen LogP contribution in [0.25, 0.3) is 44.8 Å². The van der Waals surface area contributed by atoms with Crippen molar-refractivity contribution in [3.05, 3.63) is 47.8 Å². The van der Waals surface area contributed by atoms with E-state index in [2.05, 4.69) is 37.5 Å². The molecule has 2 saturated carbocycles. The number of likely N-dealkylation sites (tertiary alicyclic amines) is 1.